The molecule has 0 aliphatic carbocycles. The minimum atomic E-state index is 0.563. The van der Waals surface area contributed by atoms with Gasteiger partial charge in [0.05, 0.1) is 0 Å². The van der Waals surface area contributed by atoms with Gasteiger partial charge in [0.1, 0.15) is 11.3 Å². The molecule has 1 aromatic carbocycles. The van der Waals surface area contributed by atoms with Crippen LogP contribution in [0, 0.1) is 6.92 Å². The molecule has 0 unspecified atom stereocenters. The SMILES string of the molecule is Cc1cc2oc(C3CCN(C)CC3)cc2cc1Cl. The molecule has 2 nitrogen and oxygen atoms in total. The lowest BCUT2D eigenvalue weighted by Gasteiger charge is -2.27. The van der Waals surface area contributed by atoms with E-state index < -0.39 is 0 Å². The van der Waals surface area contributed by atoms with Crippen LogP contribution in [0.2, 0.25) is 5.02 Å². The second-order valence-corrected chi connectivity index (χ2v) is 5.77. The Morgan fingerprint density at radius 3 is 2.67 bits per heavy atom. The van der Waals surface area contributed by atoms with E-state index in [1.54, 1.807) is 0 Å². The predicted molar refractivity (Wildman–Crippen MR) is 75.4 cm³/mol. The van der Waals surface area contributed by atoms with E-state index in [4.69, 9.17) is 16.0 Å². The molecule has 3 heteroatoms. The average molecular weight is 264 g/mol. The number of likely N-dealkylation sites (tertiary alicyclic amines) is 1. The van der Waals surface area contributed by atoms with E-state index in [0.29, 0.717) is 5.92 Å². The number of nitrogens with zero attached hydrogens (tertiary/aromatic N) is 1. The van der Waals surface area contributed by atoms with Gasteiger partial charge in [-0.25, -0.2) is 0 Å². The highest BCUT2D eigenvalue weighted by atomic mass is 35.5. The van der Waals surface area contributed by atoms with Crippen molar-refractivity contribution in [3.05, 3.63) is 34.5 Å². The number of furan rings is 1. The maximum absolute atomic E-state index is 6.15. The maximum atomic E-state index is 6.15. The van der Waals surface area contributed by atoms with E-state index in [1.807, 2.05) is 19.1 Å². The lowest BCUT2D eigenvalue weighted by molar-refractivity contribution is 0.242. The summed E-state index contributed by atoms with van der Waals surface area (Å²) in [5.41, 5.74) is 2.04. The number of aryl methyl sites for hydroxylation is 1. The van der Waals surface area contributed by atoms with Gasteiger partial charge in [-0.3, -0.25) is 0 Å². The Balaban J connectivity index is 1.93. The van der Waals surface area contributed by atoms with Crippen LogP contribution < -0.4 is 0 Å². The lowest BCUT2D eigenvalue weighted by Crippen LogP contribution is -2.29. The van der Waals surface area contributed by atoms with Gasteiger partial charge in [-0.2, -0.15) is 0 Å². The Bertz CT molecular complexity index is 528. The molecule has 2 aromatic rings. The zero-order chi connectivity index (χ0) is 12.7. The Hall–Kier alpha value is -0.990. The zero-order valence-corrected chi connectivity index (χ0v) is 11.6. The third kappa shape index (κ3) is 2.15. The van der Waals surface area contributed by atoms with Crippen LogP contribution in [0.4, 0.5) is 0 Å². The molecule has 0 N–H and O–H groups in total. The Morgan fingerprint density at radius 2 is 1.94 bits per heavy atom. The summed E-state index contributed by atoms with van der Waals surface area (Å²) in [6, 6.07) is 6.21. The van der Waals surface area contributed by atoms with E-state index in [0.717, 1.165) is 40.4 Å². The Kier molecular flexibility index (Phi) is 3.08. The monoisotopic (exact) mass is 263 g/mol. The number of hydrogen-bond acceptors (Lipinski definition) is 2. The second kappa shape index (κ2) is 4.60. The smallest absolute Gasteiger partial charge is 0.134 e. The van der Waals surface area contributed by atoms with E-state index in [9.17, 15) is 0 Å². The summed E-state index contributed by atoms with van der Waals surface area (Å²) in [7, 11) is 2.18. The fourth-order valence-corrected chi connectivity index (χ4v) is 2.85. The van der Waals surface area contributed by atoms with Gasteiger partial charge < -0.3 is 9.32 Å². The fourth-order valence-electron chi connectivity index (χ4n) is 2.68. The van der Waals surface area contributed by atoms with Crippen LogP contribution in [0.1, 0.15) is 30.1 Å². The molecule has 0 spiro atoms. The first-order valence-corrected chi connectivity index (χ1v) is 6.89. The largest absolute Gasteiger partial charge is 0.461 e. The summed E-state index contributed by atoms with van der Waals surface area (Å²) in [6.45, 7) is 4.32. The van der Waals surface area contributed by atoms with Gasteiger partial charge in [0.2, 0.25) is 0 Å². The molecule has 96 valence electrons. The number of piperidine rings is 1. The highest BCUT2D eigenvalue weighted by Gasteiger charge is 2.21. The van der Waals surface area contributed by atoms with Gasteiger partial charge in [0.25, 0.3) is 0 Å². The predicted octanol–water partition coefficient (Wildman–Crippen LogP) is 4.20. The van der Waals surface area contributed by atoms with Crippen molar-refractivity contribution in [2.75, 3.05) is 20.1 Å². The van der Waals surface area contributed by atoms with Gasteiger partial charge in [-0.05, 0) is 63.7 Å². The molecule has 0 bridgehead atoms. The van der Waals surface area contributed by atoms with Crippen LogP contribution in [-0.2, 0) is 0 Å². The van der Waals surface area contributed by atoms with E-state index >= 15 is 0 Å². The van der Waals surface area contributed by atoms with Crippen LogP contribution in [0.15, 0.2) is 22.6 Å². The summed E-state index contributed by atoms with van der Waals surface area (Å²) in [4.78, 5) is 2.38. The molecule has 1 fully saturated rings. The maximum Gasteiger partial charge on any atom is 0.134 e. The number of halogens is 1. The van der Waals surface area contributed by atoms with Crippen molar-refractivity contribution in [1.82, 2.24) is 4.90 Å². The first kappa shape index (κ1) is 12.1. The van der Waals surface area contributed by atoms with Crippen LogP contribution in [0.3, 0.4) is 0 Å². The Morgan fingerprint density at radius 1 is 1.22 bits per heavy atom. The molecule has 1 aliphatic rings. The van der Waals surface area contributed by atoms with Gasteiger partial charge in [-0.15, -0.1) is 0 Å². The number of rotatable bonds is 1. The van der Waals surface area contributed by atoms with Crippen LogP contribution in [0.5, 0.6) is 0 Å². The van der Waals surface area contributed by atoms with Crippen LogP contribution >= 0.6 is 11.6 Å². The summed E-state index contributed by atoms with van der Waals surface area (Å²) >= 11 is 6.15. The fraction of sp³-hybridized carbons (Fsp3) is 0.467. The number of fused-ring (bicyclic) bond motifs is 1. The number of hydrogen-bond donors (Lipinski definition) is 0. The summed E-state index contributed by atoms with van der Waals surface area (Å²) in [6.07, 6.45) is 2.37. The molecule has 3 rings (SSSR count). The summed E-state index contributed by atoms with van der Waals surface area (Å²) in [5, 5.41) is 1.94. The van der Waals surface area contributed by atoms with E-state index in [-0.39, 0.29) is 0 Å². The second-order valence-electron chi connectivity index (χ2n) is 5.37. The third-order valence-corrected chi connectivity index (χ3v) is 4.34. The summed E-state index contributed by atoms with van der Waals surface area (Å²) in [5.74, 6) is 1.69. The molecule has 18 heavy (non-hydrogen) atoms. The minimum Gasteiger partial charge on any atom is -0.461 e. The molecule has 0 atom stereocenters. The van der Waals surface area contributed by atoms with E-state index in [2.05, 4.69) is 18.0 Å². The van der Waals surface area contributed by atoms with E-state index in [1.165, 1.54) is 12.8 Å². The Labute approximate surface area is 113 Å². The lowest BCUT2D eigenvalue weighted by atomic mass is 9.94. The molecule has 1 saturated heterocycles. The normalized spacial score (nSPS) is 18.6. The number of benzene rings is 1. The zero-order valence-electron chi connectivity index (χ0n) is 10.9. The van der Waals surface area contributed by atoms with Crippen molar-refractivity contribution in [3.8, 4) is 0 Å². The molecule has 0 saturated carbocycles. The topological polar surface area (TPSA) is 16.4 Å². The van der Waals surface area contributed by atoms with Crippen molar-refractivity contribution in [2.24, 2.45) is 0 Å². The molecule has 0 amide bonds. The quantitative estimate of drug-likeness (QED) is 0.767. The first-order valence-electron chi connectivity index (χ1n) is 6.51. The first-order chi connectivity index (χ1) is 8.63. The summed E-state index contributed by atoms with van der Waals surface area (Å²) < 4.78 is 6.00. The molecule has 1 aromatic heterocycles. The highest BCUT2D eigenvalue weighted by Crippen LogP contribution is 2.33. The molecule has 0 radical (unpaired) electrons. The van der Waals surface area contributed by atoms with Gasteiger partial charge in [-0.1, -0.05) is 11.6 Å². The van der Waals surface area contributed by atoms with Crippen molar-refractivity contribution >= 4 is 22.6 Å². The van der Waals surface area contributed by atoms with Crippen LogP contribution in [-0.4, -0.2) is 25.0 Å². The standard InChI is InChI=1S/C15H18ClNO/c1-10-7-14-12(8-13(10)16)9-15(18-14)11-3-5-17(2)6-4-11/h7-9,11H,3-6H2,1-2H3. The van der Waals surface area contributed by atoms with Gasteiger partial charge in [0, 0.05) is 16.3 Å². The molecular weight excluding hydrogens is 246 g/mol. The average Bonchev–Trinajstić information content (AvgIpc) is 2.73. The highest BCUT2D eigenvalue weighted by molar-refractivity contribution is 6.32. The minimum absolute atomic E-state index is 0.563. The van der Waals surface area contributed by atoms with Crippen molar-refractivity contribution in [3.63, 3.8) is 0 Å². The molecular formula is C15H18ClNO. The van der Waals surface area contributed by atoms with Gasteiger partial charge >= 0.3 is 0 Å². The van der Waals surface area contributed by atoms with Crippen molar-refractivity contribution in [1.29, 1.82) is 0 Å². The molecule has 2 heterocycles. The van der Waals surface area contributed by atoms with Crippen LogP contribution in [0.25, 0.3) is 11.0 Å². The van der Waals surface area contributed by atoms with Crippen molar-refractivity contribution < 1.29 is 4.42 Å². The van der Waals surface area contributed by atoms with Crippen molar-refractivity contribution in [2.45, 2.75) is 25.7 Å². The molecule has 1 aliphatic heterocycles. The van der Waals surface area contributed by atoms with Gasteiger partial charge in [0.15, 0.2) is 0 Å². The third-order valence-electron chi connectivity index (χ3n) is 3.94.